The number of para-hydroxylation sites is 3. The molecule has 2 aromatic heterocycles. The number of rotatable bonds is 4. The van der Waals surface area contributed by atoms with Gasteiger partial charge in [0.2, 0.25) is 0 Å². The van der Waals surface area contributed by atoms with Crippen LogP contribution in [0.15, 0.2) is 140 Å². The first-order valence-electron chi connectivity index (χ1n) is 14.1. The lowest BCUT2D eigenvalue weighted by atomic mass is 9.86. The summed E-state index contributed by atoms with van der Waals surface area (Å²) in [6.07, 6.45) is 5.48. The molecule has 0 bridgehead atoms. The molecule has 7 aromatic rings. The Kier molecular flexibility index (Phi) is 5.60. The molecule has 0 saturated heterocycles. The summed E-state index contributed by atoms with van der Waals surface area (Å²) < 4.78 is 2.31. The SMILES string of the molecule is C1=CC(c2cccc(-c3ccccc3-c3ccccc3)c2)Cc2c1c1nc3ccccc3nc1n2-c1ccccc1. The fourth-order valence-corrected chi connectivity index (χ4v) is 6.20. The third kappa shape index (κ3) is 4.06. The monoisotopic (exact) mass is 525 g/mol. The highest BCUT2D eigenvalue weighted by Crippen LogP contribution is 2.39. The summed E-state index contributed by atoms with van der Waals surface area (Å²) in [6.45, 7) is 0. The second kappa shape index (κ2) is 9.72. The summed E-state index contributed by atoms with van der Waals surface area (Å²) in [5.74, 6) is 0.243. The van der Waals surface area contributed by atoms with Crippen molar-refractivity contribution in [2.24, 2.45) is 0 Å². The van der Waals surface area contributed by atoms with E-state index in [4.69, 9.17) is 9.97 Å². The zero-order valence-corrected chi connectivity index (χ0v) is 22.5. The van der Waals surface area contributed by atoms with Crippen LogP contribution >= 0.6 is 0 Å². The Morgan fingerprint density at radius 3 is 2.00 bits per heavy atom. The van der Waals surface area contributed by atoms with Gasteiger partial charge in [0.25, 0.3) is 0 Å². The van der Waals surface area contributed by atoms with Crippen molar-refractivity contribution < 1.29 is 0 Å². The van der Waals surface area contributed by atoms with Crippen LogP contribution in [0.5, 0.6) is 0 Å². The molecule has 41 heavy (non-hydrogen) atoms. The predicted octanol–water partition coefficient (Wildman–Crippen LogP) is 9.26. The number of aromatic nitrogens is 3. The molecular weight excluding hydrogens is 498 g/mol. The molecule has 0 amide bonds. The van der Waals surface area contributed by atoms with E-state index in [-0.39, 0.29) is 5.92 Å². The highest BCUT2D eigenvalue weighted by molar-refractivity contribution is 5.93. The molecule has 1 aliphatic rings. The minimum absolute atomic E-state index is 0.243. The van der Waals surface area contributed by atoms with Crippen LogP contribution in [0.2, 0.25) is 0 Å². The molecule has 0 radical (unpaired) electrons. The van der Waals surface area contributed by atoms with Gasteiger partial charge in [-0.1, -0.05) is 121 Å². The molecule has 2 heterocycles. The second-order valence-electron chi connectivity index (χ2n) is 10.6. The average Bonchev–Trinajstić information content (AvgIpc) is 3.37. The van der Waals surface area contributed by atoms with Crippen LogP contribution in [0.25, 0.3) is 56.2 Å². The molecule has 1 aliphatic carbocycles. The van der Waals surface area contributed by atoms with Gasteiger partial charge in [0.1, 0.15) is 5.52 Å². The maximum absolute atomic E-state index is 5.12. The van der Waals surface area contributed by atoms with Crippen molar-refractivity contribution in [3.8, 4) is 27.9 Å². The van der Waals surface area contributed by atoms with Crippen molar-refractivity contribution in [1.29, 1.82) is 0 Å². The van der Waals surface area contributed by atoms with E-state index >= 15 is 0 Å². The molecule has 5 aromatic carbocycles. The maximum Gasteiger partial charge on any atom is 0.164 e. The Balaban J connectivity index is 1.25. The molecule has 1 unspecified atom stereocenters. The first-order chi connectivity index (χ1) is 20.3. The summed E-state index contributed by atoms with van der Waals surface area (Å²) in [5.41, 5.74) is 13.5. The molecule has 3 nitrogen and oxygen atoms in total. The lowest BCUT2D eigenvalue weighted by molar-refractivity contribution is 0.781. The summed E-state index contributed by atoms with van der Waals surface area (Å²) in [7, 11) is 0. The van der Waals surface area contributed by atoms with Gasteiger partial charge in [-0.15, -0.1) is 0 Å². The van der Waals surface area contributed by atoms with Gasteiger partial charge in [0, 0.05) is 22.9 Å². The normalized spacial score (nSPS) is 14.4. The maximum atomic E-state index is 5.12. The van der Waals surface area contributed by atoms with E-state index in [1.54, 1.807) is 0 Å². The van der Waals surface area contributed by atoms with Gasteiger partial charge in [-0.2, -0.15) is 0 Å². The lowest BCUT2D eigenvalue weighted by Gasteiger charge is -2.21. The number of hydrogen-bond donors (Lipinski definition) is 0. The Hall–Kier alpha value is -5.28. The molecule has 1 atom stereocenters. The molecule has 0 saturated carbocycles. The fourth-order valence-electron chi connectivity index (χ4n) is 6.20. The lowest BCUT2D eigenvalue weighted by Crippen LogP contribution is -2.10. The molecular formula is C38H27N3. The molecule has 0 spiro atoms. The van der Waals surface area contributed by atoms with E-state index in [2.05, 4.69) is 126 Å². The minimum Gasteiger partial charge on any atom is -0.296 e. The highest BCUT2D eigenvalue weighted by Gasteiger charge is 2.26. The number of fused-ring (bicyclic) bond motifs is 4. The fraction of sp³-hybridized carbons (Fsp3) is 0.0526. The second-order valence-corrected chi connectivity index (χ2v) is 10.6. The van der Waals surface area contributed by atoms with E-state index in [9.17, 15) is 0 Å². The average molecular weight is 526 g/mol. The Labute approximate surface area is 239 Å². The summed E-state index contributed by atoms with van der Waals surface area (Å²) in [5, 5.41) is 0. The summed E-state index contributed by atoms with van der Waals surface area (Å²) >= 11 is 0. The Bertz CT molecular complexity index is 2070. The van der Waals surface area contributed by atoms with Gasteiger partial charge in [-0.3, -0.25) is 4.57 Å². The van der Waals surface area contributed by atoms with Crippen LogP contribution in [0.4, 0.5) is 0 Å². The van der Waals surface area contributed by atoms with E-state index in [0.717, 1.165) is 34.3 Å². The molecule has 194 valence electrons. The van der Waals surface area contributed by atoms with Crippen LogP contribution in [-0.4, -0.2) is 14.5 Å². The summed E-state index contributed by atoms with van der Waals surface area (Å²) in [6, 6.07) is 47.1. The van der Waals surface area contributed by atoms with E-state index in [1.807, 2.05) is 24.3 Å². The highest BCUT2D eigenvalue weighted by atomic mass is 15.1. The van der Waals surface area contributed by atoms with Crippen molar-refractivity contribution in [2.45, 2.75) is 12.3 Å². The Morgan fingerprint density at radius 2 is 1.22 bits per heavy atom. The molecule has 3 heteroatoms. The largest absolute Gasteiger partial charge is 0.296 e. The van der Waals surface area contributed by atoms with E-state index < -0.39 is 0 Å². The first kappa shape index (κ1) is 23.6. The molecule has 0 fully saturated rings. The van der Waals surface area contributed by atoms with Crippen LogP contribution in [0.1, 0.15) is 22.7 Å². The smallest absolute Gasteiger partial charge is 0.164 e. The van der Waals surface area contributed by atoms with E-state index in [0.29, 0.717) is 0 Å². The summed E-state index contributed by atoms with van der Waals surface area (Å²) in [4.78, 5) is 10.2. The predicted molar refractivity (Wildman–Crippen MR) is 169 cm³/mol. The van der Waals surface area contributed by atoms with Gasteiger partial charge in [0.15, 0.2) is 5.65 Å². The van der Waals surface area contributed by atoms with Crippen molar-refractivity contribution in [3.63, 3.8) is 0 Å². The Morgan fingerprint density at radius 1 is 0.585 bits per heavy atom. The topological polar surface area (TPSA) is 30.7 Å². The molecule has 0 aliphatic heterocycles. The number of benzene rings is 5. The van der Waals surface area contributed by atoms with Crippen LogP contribution in [0, 0.1) is 0 Å². The van der Waals surface area contributed by atoms with Crippen LogP contribution in [-0.2, 0) is 6.42 Å². The zero-order chi connectivity index (χ0) is 27.2. The van der Waals surface area contributed by atoms with Crippen LogP contribution in [0.3, 0.4) is 0 Å². The van der Waals surface area contributed by atoms with Gasteiger partial charge >= 0.3 is 0 Å². The minimum atomic E-state index is 0.243. The van der Waals surface area contributed by atoms with Gasteiger partial charge in [0.05, 0.1) is 11.0 Å². The third-order valence-corrected chi connectivity index (χ3v) is 8.16. The first-order valence-corrected chi connectivity index (χ1v) is 14.1. The standard InChI is InChI=1S/C38H27N3/c1-3-12-26(13-4-1)31-18-7-8-19-32(31)29-15-11-14-27(24-29)28-22-23-33-36(25-28)41(30-16-5-2-6-17-30)38-37(33)39-34-20-9-10-21-35(34)40-38/h1-24,28H,25H2. The van der Waals surface area contributed by atoms with Gasteiger partial charge < -0.3 is 0 Å². The van der Waals surface area contributed by atoms with Crippen molar-refractivity contribution in [2.75, 3.05) is 0 Å². The number of nitrogens with zero attached hydrogens (tertiary/aromatic N) is 3. The molecule has 8 rings (SSSR count). The van der Waals surface area contributed by atoms with E-state index in [1.165, 1.54) is 39.1 Å². The quantitative estimate of drug-likeness (QED) is 0.229. The van der Waals surface area contributed by atoms with Crippen molar-refractivity contribution in [3.05, 3.63) is 156 Å². The van der Waals surface area contributed by atoms with Gasteiger partial charge in [-0.05, 0) is 58.5 Å². The van der Waals surface area contributed by atoms with Crippen LogP contribution < -0.4 is 0 Å². The number of allylic oxidation sites excluding steroid dienone is 1. The number of hydrogen-bond acceptors (Lipinski definition) is 2. The third-order valence-electron chi connectivity index (χ3n) is 8.16. The van der Waals surface area contributed by atoms with Gasteiger partial charge in [-0.25, -0.2) is 9.97 Å². The van der Waals surface area contributed by atoms with Crippen molar-refractivity contribution >= 4 is 28.3 Å². The zero-order valence-electron chi connectivity index (χ0n) is 22.5. The molecule has 0 N–H and O–H groups in total. The van der Waals surface area contributed by atoms with Crippen molar-refractivity contribution in [1.82, 2.24) is 14.5 Å².